The molecule has 0 bridgehead atoms. The standard InChI is InChI=1S/C19H22N2O2/c1-13-10-16-17(11-14(13)2)21(12-18(22-3)23-4)19(20-16)15-8-6-5-7-9-15/h5-11,18H,12H2,1-4H3. The smallest absolute Gasteiger partial charge is 0.174 e. The third-order valence-electron chi connectivity index (χ3n) is 4.25. The normalized spacial score (nSPS) is 11.5. The molecule has 0 radical (unpaired) electrons. The van der Waals surface area contributed by atoms with Crippen LogP contribution in [0.15, 0.2) is 42.5 Å². The predicted molar refractivity (Wildman–Crippen MR) is 92.4 cm³/mol. The number of ether oxygens (including phenoxy) is 2. The van der Waals surface area contributed by atoms with Crippen molar-refractivity contribution >= 4 is 11.0 Å². The topological polar surface area (TPSA) is 36.3 Å². The number of methoxy groups -OCH3 is 2. The van der Waals surface area contributed by atoms with Gasteiger partial charge in [0.25, 0.3) is 0 Å². The van der Waals surface area contributed by atoms with Gasteiger partial charge in [-0.2, -0.15) is 0 Å². The minimum absolute atomic E-state index is 0.309. The monoisotopic (exact) mass is 310 g/mol. The summed E-state index contributed by atoms with van der Waals surface area (Å²) < 4.78 is 13.0. The van der Waals surface area contributed by atoms with E-state index in [0.717, 1.165) is 22.4 Å². The minimum atomic E-state index is -0.309. The van der Waals surface area contributed by atoms with E-state index >= 15 is 0 Å². The highest BCUT2D eigenvalue weighted by atomic mass is 16.7. The second-order valence-electron chi connectivity index (χ2n) is 5.74. The zero-order valence-electron chi connectivity index (χ0n) is 14.0. The van der Waals surface area contributed by atoms with E-state index in [1.807, 2.05) is 18.2 Å². The van der Waals surface area contributed by atoms with Crippen molar-refractivity contribution in [1.29, 1.82) is 0 Å². The van der Waals surface area contributed by atoms with E-state index in [-0.39, 0.29) is 6.29 Å². The Bertz CT molecular complexity index is 805. The van der Waals surface area contributed by atoms with Gasteiger partial charge in [0.15, 0.2) is 6.29 Å². The van der Waals surface area contributed by atoms with Crippen molar-refractivity contribution in [1.82, 2.24) is 9.55 Å². The Morgan fingerprint density at radius 1 is 1.00 bits per heavy atom. The second-order valence-corrected chi connectivity index (χ2v) is 5.74. The van der Waals surface area contributed by atoms with Crippen LogP contribution in [0.1, 0.15) is 11.1 Å². The van der Waals surface area contributed by atoms with Crippen molar-refractivity contribution < 1.29 is 9.47 Å². The molecule has 1 heterocycles. The first-order valence-electron chi connectivity index (χ1n) is 7.72. The number of imidazole rings is 1. The van der Waals surface area contributed by atoms with Gasteiger partial charge in [0.05, 0.1) is 17.6 Å². The van der Waals surface area contributed by atoms with Gasteiger partial charge in [-0.25, -0.2) is 4.98 Å². The molecule has 23 heavy (non-hydrogen) atoms. The van der Waals surface area contributed by atoms with Crippen molar-refractivity contribution in [2.24, 2.45) is 0 Å². The van der Waals surface area contributed by atoms with Crippen LogP contribution >= 0.6 is 0 Å². The Balaban J connectivity index is 2.21. The molecule has 0 saturated carbocycles. The highest BCUT2D eigenvalue weighted by Crippen LogP contribution is 2.27. The van der Waals surface area contributed by atoms with Gasteiger partial charge < -0.3 is 14.0 Å². The van der Waals surface area contributed by atoms with Crippen molar-refractivity contribution in [3.05, 3.63) is 53.6 Å². The highest BCUT2D eigenvalue weighted by Gasteiger charge is 2.17. The quantitative estimate of drug-likeness (QED) is 0.670. The summed E-state index contributed by atoms with van der Waals surface area (Å²) in [6, 6.07) is 14.5. The number of aromatic nitrogens is 2. The van der Waals surface area contributed by atoms with E-state index in [1.54, 1.807) is 14.2 Å². The molecule has 3 rings (SSSR count). The van der Waals surface area contributed by atoms with Crippen LogP contribution in [0, 0.1) is 13.8 Å². The summed E-state index contributed by atoms with van der Waals surface area (Å²) in [5, 5.41) is 0. The Morgan fingerprint density at radius 2 is 1.65 bits per heavy atom. The molecule has 2 aromatic carbocycles. The number of aryl methyl sites for hydroxylation is 2. The molecule has 0 saturated heterocycles. The Morgan fingerprint density at radius 3 is 2.30 bits per heavy atom. The molecular weight excluding hydrogens is 288 g/mol. The average Bonchev–Trinajstić information content (AvgIpc) is 2.91. The molecule has 120 valence electrons. The van der Waals surface area contributed by atoms with Crippen molar-refractivity contribution in [3.8, 4) is 11.4 Å². The van der Waals surface area contributed by atoms with E-state index in [1.165, 1.54) is 11.1 Å². The summed E-state index contributed by atoms with van der Waals surface area (Å²) in [7, 11) is 3.32. The molecule has 0 amide bonds. The molecule has 0 N–H and O–H groups in total. The predicted octanol–water partition coefficient (Wildman–Crippen LogP) is 3.94. The first-order valence-corrected chi connectivity index (χ1v) is 7.72. The summed E-state index contributed by atoms with van der Waals surface area (Å²) in [4.78, 5) is 4.86. The van der Waals surface area contributed by atoms with E-state index in [2.05, 4.69) is 42.7 Å². The third kappa shape index (κ3) is 3.00. The maximum absolute atomic E-state index is 5.40. The summed E-state index contributed by atoms with van der Waals surface area (Å²) in [5.41, 5.74) is 5.69. The Hall–Kier alpha value is -2.17. The summed E-state index contributed by atoms with van der Waals surface area (Å²) >= 11 is 0. The number of nitrogens with zero attached hydrogens (tertiary/aromatic N) is 2. The lowest BCUT2D eigenvalue weighted by Gasteiger charge is -2.17. The van der Waals surface area contributed by atoms with Gasteiger partial charge >= 0.3 is 0 Å². The van der Waals surface area contributed by atoms with E-state index < -0.39 is 0 Å². The van der Waals surface area contributed by atoms with Crippen LogP contribution in [0.5, 0.6) is 0 Å². The Labute approximate surface area is 136 Å². The number of rotatable bonds is 5. The van der Waals surface area contributed by atoms with Crippen LogP contribution in [0.25, 0.3) is 22.4 Å². The van der Waals surface area contributed by atoms with Gasteiger partial charge in [0.1, 0.15) is 5.82 Å². The van der Waals surface area contributed by atoms with Gasteiger partial charge in [-0.05, 0) is 37.1 Å². The molecule has 0 aliphatic carbocycles. The first kappa shape index (κ1) is 15.7. The van der Waals surface area contributed by atoms with Gasteiger partial charge in [-0.3, -0.25) is 0 Å². The largest absolute Gasteiger partial charge is 0.354 e. The molecule has 0 spiro atoms. The molecular formula is C19H22N2O2. The lowest BCUT2D eigenvalue weighted by molar-refractivity contribution is -0.110. The number of hydrogen-bond donors (Lipinski definition) is 0. The Kier molecular flexibility index (Phi) is 4.46. The fourth-order valence-corrected chi connectivity index (χ4v) is 2.77. The van der Waals surface area contributed by atoms with Gasteiger partial charge in [0.2, 0.25) is 0 Å². The fourth-order valence-electron chi connectivity index (χ4n) is 2.77. The molecule has 4 nitrogen and oxygen atoms in total. The number of fused-ring (bicyclic) bond motifs is 1. The van der Waals surface area contributed by atoms with Crippen LogP contribution in [0.3, 0.4) is 0 Å². The molecule has 0 unspecified atom stereocenters. The molecule has 0 aliphatic heterocycles. The summed E-state index contributed by atoms with van der Waals surface area (Å²) in [5.74, 6) is 0.935. The molecule has 4 heteroatoms. The zero-order chi connectivity index (χ0) is 16.4. The molecule has 0 fully saturated rings. The van der Waals surface area contributed by atoms with Gasteiger partial charge in [-0.1, -0.05) is 30.3 Å². The molecule has 1 aromatic heterocycles. The highest BCUT2D eigenvalue weighted by molar-refractivity contribution is 5.82. The van der Waals surface area contributed by atoms with Crippen molar-refractivity contribution in [2.75, 3.05) is 14.2 Å². The maximum atomic E-state index is 5.40. The SMILES string of the molecule is COC(Cn1c(-c2ccccc2)nc2cc(C)c(C)cc21)OC. The second kappa shape index (κ2) is 6.52. The fraction of sp³-hybridized carbons (Fsp3) is 0.316. The van der Waals surface area contributed by atoms with Crippen LogP contribution in [-0.2, 0) is 16.0 Å². The number of benzene rings is 2. The number of hydrogen-bond acceptors (Lipinski definition) is 3. The van der Waals surface area contributed by atoms with Crippen LogP contribution < -0.4 is 0 Å². The van der Waals surface area contributed by atoms with Crippen molar-refractivity contribution in [3.63, 3.8) is 0 Å². The molecule has 0 atom stereocenters. The average molecular weight is 310 g/mol. The van der Waals surface area contributed by atoms with E-state index in [9.17, 15) is 0 Å². The summed E-state index contributed by atoms with van der Waals surface area (Å²) in [6.07, 6.45) is -0.309. The van der Waals surface area contributed by atoms with Gasteiger partial charge in [0, 0.05) is 19.8 Å². The zero-order valence-corrected chi connectivity index (χ0v) is 14.0. The lowest BCUT2D eigenvalue weighted by atomic mass is 10.1. The van der Waals surface area contributed by atoms with Gasteiger partial charge in [-0.15, -0.1) is 0 Å². The van der Waals surface area contributed by atoms with E-state index in [0.29, 0.717) is 6.54 Å². The summed E-state index contributed by atoms with van der Waals surface area (Å²) in [6.45, 7) is 4.83. The molecule has 3 aromatic rings. The van der Waals surface area contributed by atoms with Crippen molar-refractivity contribution in [2.45, 2.75) is 26.7 Å². The van der Waals surface area contributed by atoms with E-state index in [4.69, 9.17) is 14.5 Å². The van der Waals surface area contributed by atoms with Crippen LogP contribution in [0.2, 0.25) is 0 Å². The lowest BCUT2D eigenvalue weighted by Crippen LogP contribution is -2.21. The molecule has 0 aliphatic rings. The minimum Gasteiger partial charge on any atom is -0.354 e. The van der Waals surface area contributed by atoms with Crippen LogP contribution in [0.4, 0.5) is 0 Å². The maximum Gasteiger partial charge on any atom is 0.174 e. The first-order chi connectivity index (χ1) is 11.1. The van der Waals surface area contributed by atoms with Crippen LogP contribution in [-0.4, -0.2) is 30.1 Å². The third-order valence-corrected chi connectivity index (χ3v) is 4.25.